The standard InChI is InChI=1S/C20H22ClFN4O2.ClH/c21-16-4-2-1-3-14(16)18-15-7-11(22)5-6-17(15)26-19(18)20(28)25-10-12(24)8-13(27)9-23;/h1-7,12-13,26-27H,8-10,23-24H2,(H,25,28);1H/t12-,13?;/m0./s1. The Kier molecular flexibility index (Phi) is 8.01. The van der Waals surface area contributed by atoms with Gasteiger partial charge in [0.25, 0.3) is 5.91 Å². The largest absolute Gasteiger partial charge is 0.392 e. The number of halogens is 3. The number of hydrogen-bond donors (Lipinski definition) is 5. The topological polar surface area (TPSA) is 117 Å². The fourth-order valence-electron chi connectivity index (χ4n) is 3.12. The van der Waals surface area contributed by atoms with Gasteiger partial charge < -0.3 is 26.9 Å². The second kappa shape index (κ2) is 10.0. The first-order valence-corrected chi connectivity index (χ1v) is 9.26. The first-order valence-electron chi connectivity index (χ1n) is 8.88. The first-order chi connectivity index (χ1) is 13.4. The number of aliphatic hydroxyl groups excluding tert-OH is 1. The molecule has 0 aliphatic rings. The van der Waals surface area contributed by atoms with Crippen molar-refractivity contribution in [2.45, 2.75) is 18.6 Å². The van der Waals surface area contributed by atoms with Gasteiger partial charge in [0.1, 0.15) is 11.5 Å². The minimum atomic E-state index is -0.721. The van der Waals surface area contributed by atoms with E-state index in [0.717, 1.165) is 0 Å². The molecular formula is C20H23Cl2FN4O2. The molecule has 7 N–H and O–H groups in total. The van der Waals surface area contributed by atoms with Crippen LogP contribution in [0, 0.1) is 5.82 Å². The summed E-state index contributed by atoms with van der Waals surface area (Å²) in [5.41, 5.74) is 13.3. The molecule has 1 heterocycles. The zero-order valence-electron chi connectivity index (χ0n) is 15.5. The van der Waals surface area contributed by atoms with E-state index < -0.39 is 23.9 Å². The van der Waals surface area contributed by atoms with Crippen molar-refractivity contribution in [3.8, 4) is 11.1 Å². The van der Waals surface area contributed by atoms with Gasteiger partial charge in [0.15, 0.2) is 0 Å². The Morgan fingerprint density at radius 1 is 1.28 bits per heavy atom. The molecule has 9 heteroatoms. The van der Waals surface area contributed by atoms with E-state index in [0.29, 0.717) is 27.1 Å². The zero-order valence-corrected chi connectivity index (χ0v) is 17.1. The number of aromatic amines is 1. The SMILES string of the molecule is Cl.NCC(O)C[C@H](N)CNC(=O)c1[nH]c2ccc(F)cc2c1-c1ccccc1Cl. The number of carbonyl (C=O) groups excluding carboxylic acids is 1. The Morgan fingerprint density at radius 3 is 2.69 bits per heavy atom. The van der Waals surface area contributed by atoms with E-state index in [2.05, 4.69) is 10.3 Å². The highest BCUT2D eigenvalue weighted by atomic mass is 35.5. The van der Waals surface area contributed by atoms with E-state index in [4.69, 9.17) is 23.1 Å². The van der Waals surface area contributed by atoms with Crippen molar-refractivity contribution in [1.29, 1.82) is 0 Å². The third-order valence-corrected chi connectivity index (χ3v) is 4.83. The fourth-order valence-corrected chi connectivity index (χ4v) is 3.35. The summed E-state index contributed by atoms with van der Waals surface area (Å²) in [6.07, 6.45) is -0.451. The number of aliphatic hydroxyl groups is 1. The highest BCUT2D eigenvalue weighted by Crippen LogP contribution is 2.36. The molecule has 2 atom stereocenters. The number of carbonyl (C=O) groups is 1. The molecule has 1 amide bonds. The summed E-state index contributed by atoms with van der Waals surface area (Å²) in [6, 6.07) is 10.9. The summed E-state index contributed by atoms with van der Waals surface area (Å²) in [6.45, 7) is 0.257. The molecule has 0 aliphatic heterocycles. The Morgan fingerprint density at radius 2 is 2.00 bits per heavy atom. The Hall–Kier alpha value is -2.16. The summed E-state index contributed by atoms with van der Waals surface area (Å²) in [7, 11) is 0. The minimum Gasteiger partial charge on any atom is -0.392 e. The van der Waals surface area contributed by atoms with E-state index in [1.165, 1.54) is 12.1 Å². The predicted molar refractivity (Wildman–Crippen MR) is 116 cm³/mol. The van der Waals surface area contributed by atoms with Crippen molar-refractivity contribution in [2.24, 2.45) is 11.5 Å². The van der Waals surface area contributed by atoms with Gasteiger partial charge in [0, 0.05) is 46.2 Å². The van der Waals surface area contributed by atoms with Gasteiger partial charge >= 0.3 is 0 Å². The van der Waals surface area contributed by atoms with Gasteiger partial charge in [-0.25, -0.2) is 4.39 Å². The molecule has 1 unspecified atom stereocenters. The third kappa shape index (κ3) is 5.26. The lowest BCUT2D eigenvalue weighted by Crippen LogP contribution is -2.40. The van der Waals surface area contributed by atoms with Crippen LogP contribution in [0.2, 0.25) is 5.02 Å². The smallest absolute Gasteiger partial charge is 0.268 e. The van der Waals surface area contributed by atoms with Crippen molar-refractivity contribution in [3.63, 3.8) is 0 Å². The average molecular weight is 441 g/mol. The highest BCUT2D eigenvalue weighted by Gasteiger charge is 2.22. The number of nitrogens with two attached hydrogens (primary N) is 2. The van der Waals surface area contributed by atoms with Gasteiger partial charge in [0.05, 0.1) is 6.10 Å². The molecular weight excluding hydrogens is 418 g/mol. The molecule has 0 fully saturated rings. The predicted octanol–water partition coefficient (Wildman–Crippen LogP) is 2.82. The molecule has 0 saturated heterocycles. The van der Waals surface area contributed by atoms with Crippen molar-refractivity contribution < 1.29 is 14.3 Å². The number of fused-ring (bicyclic) bond motifs is 1. The molecule has 2 aromatic carbocycles. The van der Waals surface area contributed by atoms with Crippen LogP contribution in [0.4, 0.5) is 4.39 Å². The van der Waals surface area contributed by atoms with Crippen LogP contribution in [0.5, 0.6) is 0 Å². The first kappa shape index (κ1) is 23.1. The molecule has 0 aliphatic carbocycles. The van der Waals surface area contributed by atoms with Gasteiger partial charge in [-0.2, -0.15) is 0 Å². The molecule has 29 heavy (non-hydrogen) atoms. The minimum absolute atomic E-state index is 0. The number of hydrogen-bond acceptors (Lipinski definition) is 4. The summed E-state index contributed by atoms with van der Waals surface area (Å²) < 4.78 is 13.9. The molecule has 3 aromatic rings. The van der Waals surface area contributed by atoms with Gasteiger partial charge in [-0.05, 0) is 30.7 Å². The van der Waals surface area contributed by atoms with Crippen LogP contribution in [0.3, 0.4) is 0 Å². The molecule has 0 spiro atoms. The number of nitrogens with one attached hydrogen (secondary N) is 2. The van der Waals surface area contributed by atoms with E-state index in [1.54, 1.807) is 30.3 Å². The molecule has 6 nitrogen and oxygen atoms in total. The van der Waals surface area contributed by atoms with Crippen molar-refractivity contribution in [2.75, 3.05) is 13.1 Å². The number of aromatic nitrogens is 1. The maximum Gasteiger partial charge on any atom is 0.268 e. The average Bonchev–Trinajstić information content (AvgIpc) is 3.05. The molecule has 1 aromatic heterocycles. The maximum atomic E-state index is 13.9. The number of rotatable bonds is 7. The number of benzene rings is 2. The van der Waals surface area contributed by atoms with Crippen LogP contribution in [0.1, 0.15) is 16.9 Å². The third-order valence-electron chi connectivity index (χ3n) is 4.50. The van der Waals surface area contributed by atoms with Crippen LogP contribution < -0.4 is 16.8 Å². The Balaban J connectivity index is 0.00000300. The molecule has 0 saturated carbocycles. The van der Waals surface area contributed by atoms with Crippen LogP contribution in [0.25, 0.3) is 22.0 Å². The number of H-pyrrole nitrogens is 1. The number of amides is 1. The lowest BCUT2D eigenvalue weighted by molar-refractivity contribution is 0.0941. The molecule has 3 rings (SSSR count). The van der Waals surface area contributed by atoms with Crippen molar-refractivity contribution in [3.05, 3.63) is 59.0 Å². The maximum absolute atomic E-state index is 13.9. The monoisotopic (exact) mass is 440 g/mol. The Bertz CT molecular complexity index is 996. The summed E-state index contributed by atoms with van der Waals surface area (Å²) in [4.78, 5) is 15.9. The molecule has 156 valence electrons. The van der Waals surface area contributed by atoms with Crippen molar-refractivity contribution >= 4 is 40.8 Å². The van der Waals surface area contributed by atoms with Gasteiger partial charge in [-0.15, -0.1) is 12.4 Å². The van der Waals surface area contributed by atoms with E-state index in [-0.39, 0.29) is 37.6 Å². The highest BCUT2D eigenvalue weighted by molar-refractivity contribution is 6.34. The van der Waals surface area contributed by atoms with E-state index in [1.807, 2.05) is 0 Å². The summed E-state index contributed by atoms with van der Waals surface area (Å²) in [5.74, 6) is -0.811. The van der Waals surface area contributed by atoms with Crippen LogP contribution >= 0.6 is 24.0 Å². The quantitative estimate of drug-likeness (QED) is 0.388. The second-order valence-corrected chi connectivity index (χ2v) is 7.05. The van der Waals surface area contributed by atoms with E-state index in [9.17, 15) is 14.3 Å². The van der Waals surface area contributed by atoms with Crippen molar-refractivity contribution in [1.82, 2.24) is 10.3 Å². The van der Waals surface area contributed by atoms with Crippen LogP contribution in [0.15, 0.2) is 42.5 Å². The fraction of sp³-hybridized carbons (Fsp3) is 0.250. The Labute approximate surface area is 178 Å². The van der Waals surface area contributed by atoms with Crippen LogP contribution in [-0.2, 0) is 0 Å². The van der Waals surface area contributed by atoms with Crippen LogP contribution in [-0.4, -0.2) is 41.2 Å². The van der Waals surface area contributed by atoms with E-state index >= 15 is 0 Å². The lowest BCUT2D eigenvalue weighted by atomic mass is 10.0. The second-order valence-electron chi connectivity index (χ2n) is 6.64. The zero-order chi connectivity index (χ0) is 20.3. The van der Waals surface area contributed by atoms with Gasteiger partial charge in [-0.3, -0.25) is 4.79 Å². The summed E-state index contributed by atoms with van der Waals surface area (Å²) >= 11 is 6.33. The lowest BCUT2D eigenvalue weighted by Gasteiger charge is -2.16. The van der Waals surface area contributed by atoms with Gasteiger partial charge in [-0.1, -0.05) is 29.8 Å². The summed E-state index contributed by atoms with van der Waals surface area (Å²) in [5, 5.41) is 13.3. The molecule has 0 radical (unpaired) electrons. The van der Waals surface area contributed by atoms with Gasteiger partial charge in [0.2, 0.25) is 0 Å². The normalized spacial score (nSPS) is 13.0. The molecule has 0 bridgehead atoms.